The van der Waals surface area contributed by atoms with Crippen LogP contribution in [-0.2, 0) is 14.8 Å². The molecule has 0 saturated carbocycles. The minimum Gasteiger partial charge on any atom is -0.324 e. The van der Waals surface area contributed by atoms with E-state index in [2.05, 4.69) is 5.32 Å². The van der Waals surface area contributed by atoms with E-state index in [1.807, 2.05) is 0 Å². The molecule has 1 aromatic rings. The summed E-state index contributed by atoms with van der Waals surface area (Å²) in [5.74, 6) is -0.354. The van der Waals surface area contributed by atoms with Crippen LogP contribution in [-0.4, -0.2) is 20.4 Å². The average Bonchev–Trinajstić information content (AvgIpc) is 2.29. The largest absolute Gasteiger partial charge is 0.324 e. The molecule has 0 aromatic heterocycles. The Balaban J connectivity index is 3.06. The quantitative estimate of drug-likeness (QED) is 0.731. The predicted octanol–water partition coefficient (Wildman–Crippen LogP) is 0.318. The van der Waals surface area contributed by atoms with Crippen molar-refractivity contribution in [1.82, 2.24) is 0 Å². The molecule has 18 heavy (non-hydrogen) atoms. The van der Waals surface area contributed by atoms with E-state index in [-0.39, 0.29) is 10.8 Å². The minimum atomic E-state index is -3.79. The van der Waals surface area contributed by atoms with Crippen LogP contribution in [0.25, 0.3) is 0 Å². The summed E-state index contributed by atoms with van der Waals surface area (Å²) in [5, 5.41) is 7.62. The van der Waals surface area contributed by atoms with Gasteiger partial charge in [-0.1, -0.05) is 13.0 Å². The van der Waals surface area contributed by atoms with Crippen molar-refractivity contribution in [2.75, 3.05) is 5.32 Å². The van der Waals surface area contributed by atoms with Crippen LogP contribution in [0, 0.1) is 6.92 Å². The monoisotopic (exact) mass is 271 g/mol. The summed E-state index contributed by atoms with van der Waals surface area (Å²) in [5.41, 5.74) is 6.72. The number of sulfonamides is 1. The van der Waals surface area contributed by atoms with Gasteiger partial charge in [0.25, 0.3) is 0 Å². The van der Waals surface area contributed by atoms with Gasteiger partial charge in [-0.3, -0.25) is 4.79 Å². The maximum Gasteiger partial charge on any atom is 0.241 e. The number of nitrogens with two attached hydrogens (primary N) is 2. The summed E-state index contributed by atoms with van der Waals surface area (Å²) in [6.07, 6.45) is 0.500. The molecule has 1 amide bonds. The van der Waals surface area contributed by atoms with E-state index in [9.17, 15) is 13.2 Å². The normalized spacial score (nSPS) is 13.1. The van der Waals surface area contributed by atoms with Crippen molar-refractivity contribution in [2.45, 2.75) is 31.2 Å². The van der Waals surface area contributed by atoms with Gasteiger partial charge < -0.3 is 11.1 Å². The average molecular weight is 271 g/mol. The fourth-order valence-electron chi connectivity index (χ4n) is 1.32. The van der Waals surface area contributed by atoms with Crippen LogP contribution < -0.4 is 16.2 Å². The van der Waals surface area contributed by atoms with Crippen molar-refractivity contribution in [1.29, 1.82) is 0 Å². The molecule has 0 heterocycles. The summed E-state index contributed by atoms with van der Waals surface area (Å²) >= 11 is 0. The number of carbonyl (C=O) groups excluding carboxylic acids is 1. The summed E-state index contributed by atoms with van der Waals surface area (Å²) in [4.78, 5) is 11.6. The first kappa shape index (κ1) is 14.6. The fraction of sp³-hybridized carbons (Fsp3) is 0.364. The molecule has 0 aliphatic rings. The molecule has 0 aliphatic heterocycles. The van der Waals surface area contributed by atoms with Crippen molar-refractivity contribution in [3.05, 3.63) is 23.8 Å². The minimum absolute atomic E-state index is 0.0477. The highest BCUT2D eigenvalue weighted by molar-refractivity contribution is 7.89. The van der Waals surface area contributed by atoms with Gasteiger partial charge in [-0.15, -0.1) is 0 Å². The Kier molecular flexibility index (Phi) is 4.44. The van der Waals surface area contributed by atoms with Crippen molar-refractivity contribution in [2.24, 2.45) is 10.9 Å². The van der Waals surface area contributed by atoms with Gasteiger partial charge in [0.2, 0.25) is 15.9 Å². The van der Waals surface area contributed by atoms with E-state index in [0.29, 0.717) is 12.1 Å². The second-order valence-electron chi connectivity index (χ2n) is 4.03. The molecule has 1 unspecified atom stereocenters. The van der Waals surface area contributed by atoms with Gasteiger partial charge in [0, 0.05) is 5.69 Å². The smallest absolute Gasteiger partial charge is 0.241 e. The number of benzene rings is 1. The number of hydrogen-bond acceptors (Lipinski definition) is 4. The molecule has 0 radical (unpaired) electrons. The van der Waals surface area contributed by atoms with Crippen LogP contribution in [0.2, 0.25) is 0 Å². The van der Waals surface area contributed by atoms with Crippen LogP contribution in [0.5, 0.6) is 0 Å². The number of primary sulfonamides is 1. The van der Waals surface area contributed by atoms with Gasteiger partial charge in [0.1, 0.15) is 0 Å². The SMILES string of the molecule is CCC(N)C(=O)Nc1cc(S(N)(=O)=O)ccc1C. The Hall–Kier alpha value is -1.44. The molecule has 0 fully saturated rings. The lowest BCUT2D eigenvalue weighted by Crippen LogP contribution is -2.35. The number of amides is 1. The Labute approximate surface area is 106 Å². The Morgan fingerprint density at radius 3 is 2.56 bits per heavy atom. The van der Waals surface area contributed by atoms with Crippen molar-refractivity contribution in [3.63, 3.8) is 0 Å². The highest BCUT2D eigenvalue weighted by atomic mass is 32.2. The number of nitrogens with one attached hydrogen (secondary N) is 1. The highest BCUT2D eigenvalue weighted by Gasteiger charge is 2.14. The van der Waals surface area contributed by atoms with Crippen LogP contribution >= 0.6 is 0 Å². The van der Waals surface area contributed by atoms with E-state index in [1.165, 1.54) is 12.1 Å². The summed E-state index contributed by atoms with van der Waals surface area (Å²) in [6, 6.07) is 3.67. The fourth-order valence-corrected chi connectivity index (χ4v) is 1.86. The summed E-state index contributed by atoms with van der Waals surface area (Å²) in [6.45, 7) is 3.54. The van der Waals surface area contributed by atoms with Gasteiger partial charge >= 0.3 is 0 Å². The third-order valence-corrected chi connectivity index (χ3v) is 3.48. The van der Waals surface area contributed by atoms with E-state index in [0.717, 1.165) is 5.56 Å². The van der Waals surface area contributed by atoms with E-state index < -0.39 is 16.1 Å². The third-order valence-electron chi connectivity index (χ3n) is 2.57. The molecule has 0 bridgehead atoms. The lowest BCUT2D eigenvalue weighted by molar-refractivity contribution is -0.117. The van der Waals surface area contributed by atoms with Crippen LogP contribution in [0.3, 0.4) is 0 Å². The topological polar surface area (TPSA) is 115 Å². The summed E-state index contributed by atoms with van der Waals surface area (Å²) < 4.78 is 22.4. The van der Waals surface area contributed by atoms with Crippen molar-refractivity contribution in [3.8, 4) is 0 Å². The first-order valence-electron chi connectivity index (χ1n) is 5.45. The van der Waals surface area contributed by atoms with Crippen molar-refractivity contribution < 1.29 is 13.2 Å². The molecule has 7 heteroatoms. The predicted molar refractivity (Wildman–Crippen MR) is 69.4 cm³/mol. The van der Waals surface area contributed by atoms with Gasteiger partial charge in [-0.05, 0) is 31.0 Å². The molecular weight excluding hydrogens is 254 g/mol. The molecule has 0 spiro atoms. The van der Waals surface area contributed by atoms with Gasteiger partial charge in [-0.2, -0.15) is 0 Å². The summed E-state index contributed by atoms with van der Waals surface area (Å²) in [7, 11) is -3.79. The zero-order valence-electron chi connectivity index (χ0n) is 10.3. The van der Waals surface area contributed by atoms with E-state index in [1.54, 1.807) is 19.9 Å². The molecular formula is C11H17N3O3S. The second-order valence-corrected chi connectivity index (χ2v) is 5.59. The Morgan fingerprint density at radius 2 is 2.06 bits per heavy atom. The van der Waals surface area contributed by atoms with Crippen LogP contribution in [0.15, 0.2) is 23.1 Å². The van der Waals surface area contributed by atoms with E-state index in [4.69, 9.17) is 10.9 Å². The second kappa shape index (κ2) is 5.47. The number of aryl methyl sites for hydroxylation is 1. The Bertz CT molecular complexity index is 555. The highest BCUT2D eigenvalue weighted by Crippen LogP contribution is 2.19. The molecule has 1 rings (SSSR count). The van der Waals surface area contributed by atoms with Gasteiger partial charge in [0.15, 0.2) is 0 Å². The molecule has 0 aliphatic carbocycles. The molecule has 1 aromatic carbocycles. The number of carbonyl (C=O) groups is 1. The first-order chi connectivity index (χ1) is 8.25. The number of hydrogen-bond donors (Lipinski definition) is 3. The molecule has 100 valence electrons. The third kappa shape index (κ3) is 3.52. The molecule has 5 N–H and O–H groups in total. The van der Waals surface area contributed by atoms with Gasteiger partial charge in [-0.25, -0.2) is 13.6 Å². The first-order valence-corrected chi connectivity index (χ1v) is 7.00. The van der Waals surface area contributed by atoms with Crippen molar-refractivity contribution >= 4 is 21.6 Å². The number of rotatable bonds is 4. The van der Waals surface area contributed by atoms with Gasteiger partial charge in [0.05, 0.1) is 10.9 Å². The maximum absolute atomic E-state index is 11.6. The lowest BCUT2D eigenvalue weighted by Gasteiger charge is -2.13. The molecule has 6 nitrogen and oxygen atoms in total. The number of anilines is 1. The van der Waals surface area contributed by atoms with Crippen LogP contribution in [0.4, 0.5) is 5.69 Å². The standard InChI is InChI=1S/C11H17N3O3S/c1-3-9(12)11(15)14-10-6-8(18(13,16)17)5-4-7(10)2/h4-6,9H,3,12H2,1-2H3,(H,14,15)(H2,13,16,17). The molecule has 0 saturated heterocycles. The zero-order chi connectivity index (χ0) is 13.9. The Morgan fingerprint density at radius 1 is 1.44 bits per heavy atom. The van der Waals surface area contributed by atoms with Crippen LogP contribution in [0.1, 0.15) is 18.9 Å². The lowest BCUT2D eigenvalue weighted by atomic mass is 10.1. The maximum atomic E-state index is 11.6. The zero-order valence-corrected chi connectivity index (χ0v) is 11.1. The van der Waals surface area contributed by atoms with E-state index >= 15 is 0 Å². The molecule has 1 atom stereocenters.